The van der Waals surface area contributed by atoms with Crippen LogP contribution >= 0.6 is 0 Å². The van der Waals surface area contributed by atoms with E-state index in [1.165, 1.54) is 6.07 Å². The van der Waals surface area contributed by atoms with Crippen molar-refractivity contribution in [2.45, 2.75) is 25.9 Å². The van der Waals surface area contributed by atoms with E-state index >= 15 is 0 Å². The van der Waals surface area contributed by atoms with Gasteiger partial charge in [0.15, 0.2) is 0 Å². The van der Waals surface area contributed by atoms with Gasteiger partial charge in [-0.2, -0.15) is 0 Å². The Morgan fingerprint density at radius 3 is 3.00 bits per heavy atom. The summed E-state index contributed by atoms with van der Waals surface area (Å²) in [7, 11) is 0. The average Bonchev–Trinajstić information content (AvgIpc) is 2.28. The van der Waals surface area contributed by atoms with Gasteiger partial charge in [0, 0.05) is 24.8 Å². The highest BCUT2D eigenvalue weighted by molar-refractivity contribution is 5.58. The summed E-state index contributed by atoms with van der Waals surface area (Å²) in [5, 5.41) is 20.5. The van der Waals surface area contributed by atoms with Crippen molar-refractivity contribution < 1.29 is 10.0 Å². The van der Waals surface area contributed by atoms with E-state index in [2.05, 4.69) is 4.98 Å². The number of anilines is 1. The summed E-state index contributed by atoms with van der Waals surface area (Å²) < 4.78 is 0. The van der Waals surface area contributed by atoms with Crippen molar-refractivity contribution in [1.29, 1.82) is 0 Å². The summed E-state index contributed by atoms with van der Waals surface area (Å²) in [5.41, 5.74) is 0.746. The van der Waals surface area contributed by atoms with Crippen LogP contribution in [0.3, 0.4) is 0 Å². The van der Waals surface area contributed by atoms with E-state index in [0.717, 1.165) is 18.5 Å². The molecule has 0 saturated carbocycles. The molecule has 6 heteroatoms. The van der Waals surface area contributed by atoms with Crippen LogP contribution < -0.4 is 4.90 Å². The number of aliphatic hydroxyl groups is 1. The molecule has 0 aliphatic carbocycles. The van der Waals surface area contributed by atoms with Crippen LogP contribution in [-0.4, -0.2) is 34.2 Å². The third kappa shape index (κ3) is 2.52. The van der Waals surface area contributed by atoms with E-state index in [4.69, 9.17) is 0 Å². The molecule has 0 amide bonds. The Bertz CT molecular complexity index is 436. The minimum atomic E-state index is -0.428. The van der Waals surface area contributed by atoms with E-state index in [-0.39, 0.29) is 5.69 Å². The molecule has 0 bridgehead atoms. The summed E-state index contributed by atoms with van der Waals surface area (Å²) in [6.07, 6.45) is 1.15. The predicted octanol–water partition coefficient (Wildman–Crippen LogP) is 1.26. The van der Waals surface area contributed by atoms with Crippen molar-refractivity contribution in [3.05, 3.63) is 27.9 Å². The lowest BCUT2D eigenvalue weighted by Crippen LogP contribution is -2.39. The van der Waals surface area contributed by atoms with Gasteiger partial charge in [-0.15, -0.1) is 0 Å². The highest BCUT2D eigenvalue weighted by Gasteiger charge is 2.25. The van der Waals surface area contributed by atoms with Crippen molar-refractivity contribution in [3.8, 4) is 0 Å². The molecule has 2 heterocycles. The molecule has 92 valence electrons. The van der Waals surface area contributed by atoms with Crippen LogP contribution in [0.5, 0.6) is 0 Å². The highest BCUT2D eigenvalue weighted by atomic mass is 16.6. The fourth-order valence-corrected chi connectivity index (χ4v) is 2.06. The average molecular weight is 237 g/mol. The van der Waals surface area contributed by atoms with Crippen molar-refractivity contribution in [2.24, 2.45) is 0 Å². The lowest BCUT2D eigenvalue weighted by molar-refractivity contribution is -0.384. The first-order valence-electron chi connectivity index (χ1n) is 5.63. The third-order valence-electron chi connectivity index (χ3n) is 2.89. The summed E-state index contributed by atoms with van der Waals surface area (Å²) in [4.78, 5) is 16.5. The molecule has 1 atom stereocenters. The van der Waals surface area contributed by atoms with Gasteiger partial charge < -0.3 is 10.0 Å². The van der Waals surface area contributed by atoms with Gasteiger partial charge in [0.1, 0.15) is 0 Å². The molecule has 2 rings (SSSR count). The Labute approximate surface area is 99.0 Å². The van der Waals surface area contributed by atoms with Crippen molar-refractivity contribution in [2.75, 3.05) is 18.0 Å². The predicted molar refractivity (Wildman–Crippen MR) is 63.1 cm³/mol. The first-order chi connectivity index (χ1) is 8.08. The molecule has 1 aliphatic heterocycles. The largest absolute Gasteiger partial charge is 0.391 e. The highest BCUT2D eigenvalue weighted by Crippen LogP contribution is 2.28. The van der Waals surface area contributed by atoms with Crippen LogP contribution in [0.2, 0.25) is 0 Å². The maximum absolute atomic E-state index is 10.9. The van der Waals surface area contributed by atoms with Gasteiger partial charge in [0.2, 0.25) is 5.82 Å². The van der Waals surface area contributed by atoms with Gasteiger partial charge >= 0.3 is 5.69 Å². The maximum Gasteiger partial charge on any atom is 0.311 e. The standard InChI is InChI=1S/C11H15N3O3/c1-8-4-5-10(14(16)17)11(12-8)13-6-2-3-9(15)7-13/h4-5,9,15H,2-3,6-7H2,1H3/t9-/m0/s1. The number of aromatic nitrogens is 1. The summed E-state index contributed by atoms with van der Waals surface area (Å²) in [6, 6.07) is 3.10. The minimum Gasteiger partial charge on any atom is -0.391 e. The zero-order chi connectivity index (χ0) is 12.4. The SMILES string of the molecule is Cc1ccc([N+](=O)[O-])c(N2CCC[C@H](O)C2)n1. The fourth-order valence-electron chi connectivity index (χ4n) is 2.06. The molecule has 0 spiro atoms. The second-order valence-corrected chi connectivity index (χ2v) is 4.29. The van der Waals surface area contributed by atoms with E-state index in [1.54, 1.807) is 17.9 Å². The topological polar surface area (TPSA) is 79.5 Å². The van der Waals surface area contributed by atoms with Crippen molar-refractivity contribution >= 4 is 11.5 Å². The molecule has 1 saturated heterocycles. The number of aryl methyl sites for hydroxylation is 1. The van der Waals surface area contributed by atoms with Gasteiger partial charge in [-0.3, -0.25) is 10.1 Å². The normalized spacial score (nSPS) is 20.4. The molecule has 1 N–H and O–H groups in total. The number of nitro groups is 1. The van der Waals surface area contributed by atoms with Crippen LogP contribution in [0.4, 0.5) is 11.5 Å². The van der Waals surface area contributed by atoms with Crippen LogP contribution in [0.1, 0.15) is 18.5 Å². The molecule has 0 unspecified atom stereocenters. The molecule has 0 aromatic carbocycles. The first-order valence-corrected chi connectivity index (χ1v) is 5.63. The fraction of sp³-hybridized carbons (Fsp3) is 0.545. The van der Waals surface area contributed by atoms with Gasteiger partial charge in [-0.25, -0.2) is 4.98 Å². The Morgan fingerprint density at radius 1 is 1.59 bits per heavy atom. The number of β-amino-alcohol motifs (C(OH)–C–C–N with tert-alkyl or cyclic N) is 1. The zero-order valence-corrected chi connectivity index (χ0v) is 9.67. The summed E-state index contributed by atoms with van der Waals surface area (Å²) >= 11 is 0. The monoisotopic (exact) mass is 237 g/mol. The Morgan fingerprint density at radius 2 is 2.35 bits per heavy atom. The quantitative estimate of drug-likeness (QED) is 0.618. The minimum absolute atomic E-state index is 0.00435. The maximum atomic E-state index is 10.9. The van der Waals surface area contributed by atoms with E-state index in [1.807, 2.05) is 0 Å². The van der Waals surface area contributed by atoms with Gasteiger partial charge in [-0.05, 0) is 25.8 Å². The third-order valence-corrected chi connectivity index (χ3v) is 2.89. The molecule has 6 nitrogen and oxygen atoms in total. The molecule has 1 fully saturated rings. The number of hydrogen-bond acceptors (Lipinski definition) is 5. The van der Waals surface area contributed by atoms with E-state index in [9.17, 15) is 15.2 Å². The Balaban J connectivity index is 2.35. The number of rotatable bonds is 2. The second kappa shape index (κ2) is 4.67. The number of aliphatic hydroxyl groups excluding tert-OH is 1. The van der Waals surface area contributed by atoms with E-state index in [0.29, 0.717) is 18.9 Å². The first kappa shape index (κ1) is 11.8. The molecule has 1 aromatic rings. The molecule has 1 aromatic heterocycles. The number of nitrogens with zero attached hydrogens (tertiary/aromatic N) is 3. The van der Waals surface area contributed by atoms with Gasteiger partial charge in [0.25, 0.3) is 0 Å². The van der Waals surface area contributed by atoms with Crippen LogP contribution in [0.15, 0.2) is 12.1 Å². The molecule has 0 radical (unpaired) electrons. The number of pyridine rings is 1. The molecule has 17 heavy (non-hydrogen) atoms. The second-order valence-electron chi connectivity index (χ2n) is 4.29. The smallest absolute Gasteiger partial charge is 0.311 e. The number of hydrogen-bond donors (Lipinski definition) is 1. The summed E-state index contributed by atoms with van der Waals surface area (Å²) in [5.74, 6) is 0.369. The van der Waals surface area contributed by atoms with Crippen molar-refractivity contribution in [3.63, 3.8) is 0 Å². The molecular weight excluding hydrogens is 222 g/mol. The van der Waals surface area contributed by atoms with Crippen LogP contribution in [0.25, 0.3) is 0 Å². The Kier molecular flexibility index (Phi) is 3.23. The lowest BCUT2D eigenvalue weighted by atomic mass is 10.1. The van der Waals surface area contributed by atoms with Crippen LogP contribution in [-0.2, 0) is 0 Å². The zero-order valence-electron chi connectivity index (χ0n) is 9.67. The van der Waals surface area contributed by atoms with Crippen LogP contribution in [0, 0.1) is 17.0 Å². The van der Waals surface area contributed by atoms with Crippen molar-refractivity contribution in [1.82, 2.24) is 4.98 Å². The van der Waals surface area contributed by atoms with Gasteiger partial charge in [0.05, 0.1) is 11.0 Å². The van der Waals surface area contributed by atoms with Gasteiger partial charge in [-0.1, -0.05) is 0 Å². The van der Waals surface area contributed by atoms with E-state index < -0.39 is 11.0 Å². The molecule has 1 aliphatic rings. The lowest BCUT2D eigenvalue weighted by Gasteiger charge is -2.30. The Hall–Kier alpha value is -1.69. The summed E-state index contributed by atoms with van der Waals surface area (Å²) in [6.45, 7) is 2.92. The number of piperidine rings is 1. The molecular formula is C11H15N3O3.